The van der Waals surface area contributed by atoms with Crippen molar-refractivity contribution in [2.75, 3.05) is 5.32 Å². The van der Waals surface area contributed by atoms with Crippen LogP contribution in [0.1, 0.15) is 20.8 Å². The summed E-state index contributed by atoms with van der Waals surface area (Å²) in [5.74, 6) is -2.73. The van der Waals surface area contributed by atoms with Gasteiger partial charge < -0.3 is 9.72 Å². The van der Waals surface area contributed by atoms with E-state index in [-0.39, 0.29) is 17.1 Å². The van der Waals surface area contributed by atoms with Gasteiger partial charge >= 0.3 is 6.09 Å². The van der Waals surface area contributed by atoms with Crippen LogP contribution in [0.25, 0.3) is 22.2 Å². The number of hydrogen-bond donors (Lipinski definition) is 3. The number of fused-ring (bicyclic) bond motifs is 1. The zero-order valence-electron chi connectivity index (χ0n) is 15.6. The van der Waals surface area contributed by atoms with Crippen LogP contribution in [0, 0.1) is 11.6 Å². The van der Waals surface area contributed by atoms with Gasteiger partial charge in [-0.15, -0.1) is 0 Å². The summed E-state index contributed by atoms with van der Waals surface area (Å²) in [6.07, 6.45) is -0.723. The Bertz CT molecular complexity index is 1220. The Balaban J connectivity index is 1.98. The van der Waals surface area contributed by atoms with Gasteiger partial charge in [-0.25, -0.2) is 18.6 Å². The minimum atomic E-state index is -5.09. The Kier molecular flexibility index (Phi) is 5.05. The molecule has 3 rings (SSSR count). The number of hydrogen-bond acceptors (Lipinski definition) is 5. The van der Waals surface area contributed by atoms with Crippen LogP contribution >= 0.6 is 0 Å². The van der Waals surface area contributed by atoms with E-state index in [9.17, 15) is 22.0 Å². The molecule has 3 aromatic rings. The molecule has 1 heterocycles. The Morgan fingerprint density at radius 3 is 2.52 bits per heavy atom. The van der Waals surface area contributed by atoms with Crippen LogP contribution in [-0.2, 0) is 14.9 Å². The highest BCUT2D eigenvalue weighted by molar-refractivity contribution is 7.85. The molecular weight excluding hydrogens is 408 g/mol. The molecular formula is C18H17F2N3O5S. The van der Waals surface area contributed by atoms with Gasteiger partial charge in [0.25, 0.3) is 10.1 Å². The second-order valence-corrected chi connectivity index (χ2v) is 8.52. The van der Waals surface area contributed by atoms with Crippen molar-refractivity contribution in [2.24, 2.45) is 0 Å². The molecule has 0 spiro atoms. The second-order valence-electron chi connectivity index (χ2n) is 7.16. The zero-order chi connectivity index (χ0) is 21.6. The molecule has 1 aromatic heterocycles. The Morgan fingerprint density at radius 1 is 1.21 bits per heavy atom. The number of rotatable bonds is 3. The first-order valence-corrected chi connectivity index (χ1v) is 9.75. The van der Waals surface area contributed by atoms with E-state index in [1.165, 1.54) is 18.2 Å². The Labute approximate surface area is 164 Å². The van der Waals surface area contributed by atoms with Crippen molar-refractivity contribution in [1.29, 1.82) is 0 Å². The van der Waals surface area contributed by atoms with E-state index in [4.69, 9.17) is 9.29 Å². The molecule has 2 aromatic carbocycles. The topological polar surface area (TPSA) is 121 Å². The van der Waals surface area contributed by atoms with Gasteiger partial charge in [0.1, 0.15) is 11.4 Å². The molecule has 0 saturated heterocycles. The Morgan fingerprint density at radius 2 is 1.90 bits per heavy atom. The molecule has 154 valence electrons. The standard InChI is InChI=1S/C18H17F2N3O5S/c1-18(2,3)28-17(24)23-16-21-12-7-4-9(8-13(12)22-16)10-5-6-11(19)15(14(10)20)29(25,26)27/h4-8H,1-3H3,(H,25,26,27)(H2,21,22,23,24). The molecule has 0 bridgehead atoms. The summed E-state index contributed by atoms with van der Waals surface area (Å²) in [7, 11) is -5.09. The lowest BCUT2D eigenvalue weighted by molar-refractivity contribution is 0.0635. The third kappa shape index (κ3) is 4.51. The minimum Gasteiger partial charge on any atom is -0.444 e. The van der Waals surface area contributed by atoms with Gasteiger partial charge in [0.15, 0.2) is 10.7 Å². The smallest absolute Gasteiger partial charge is 0.414 e. The van der Waals surface area contributed by atoms with Gasteiger partial charge in [-0.2, -0.15) is 8.42 Å². The summed E-state index contributed by atoms with van der Waals surface area (Å²) in [5, 5.41) is 2.43. The molecule has 0 saturated carbocycles. The van der Waals surface area contributed by atoms with Crippen molar-refractivity contribution >= 4 is 33.2 Å². The van der Waals surface area contributed by atoms with Crippen molar-refractivity contribution in [1.82, 2.24) is 9.97 Å². The van der Waals surface area contributed by atoms with E-state index in [0.29, 0.717) is 11.0 Å². The van der Waals surface area contributed by atoms with Crippen molar-refractivity contribution < 1.29 is 31.3 Å². The summed E-state index contributed by atoms with van der Waals surface area (Å²) in [6, 6.07) is 6.17. The summed E-state index contributed by atoms with van der Waals surface area (Å²) in [6.45, 7) is 5.11. The van der Waals surface area contributed by atoms with Crippen LogP contribution in [0.2, 0.25) is 0 Å². The molecule has 0 aliphatic heterocycles. The predicted octanol–water partition coefficient (Wildman–Crippen LogP) is 4.10. The van der Waals surface area contributed by atoms with Crippen molar-refractivity contribution in [3.05, 3.63) is 42.0 Å². The van der Waals surface area contributed by atoms with Crippen molar-refractivity contribution in [3.8, 4) is 11.1 Å². The van der Waals surface area contributed by atoms with Gasteiger partial charge in [0.2, 0.25) is 5.95 Å². The number of aromatic nitrogens is 2. The van der Waals surface area contributed by atoms with E-state index in [0.717, 1.165) is 12.1 Å². The third-order valence-electron chi connectivity index (χ3n) is 3.72. The molecule has 0 atom stereocenters. The summed E-state index contributed by atoms with van der Waals surface area (Å²) >= 11 is 0. The van der Waals surface area contributed by atoms with Crippen LogP contribution in [0.5, 0.6) is 0 Å². The lowest BCUT2D eigenvalue weighted by atomic mass is 10.0. The third-order valence-corrected chi connectivity index (χ3v) is 4.61. The van der Waals surface area contributed by atoms with E-state index >= 15 is 0 Å². The molecule has 0 aliphatic carbocycles. The summed E-state index contributed by atoms with van der Waals surface area (Å²) in [4.78, 5) is 17.4. The number of nitrogens with zero attached hydrogens (tertiary/aromatic N) is 1. The summed E-state index contributed by atoms with van der Waals surface area (Å²) < 4.78 is 65.0. The average Bonchev–Trinajstić information content (AvgIpc) is 2.92. The molecule has 8 nitrogen and oxygen atoms in total. The number of halogens is 2. The molecule has 3 N–H and O–H groups in total. The molecule has 11 heteroatoms. The van der Waals surface area contributed by atoms with E-state index < -0.39 is 38.3 Å². The summed E-state index contributed by atoms with van der Waals surface area (Å²) in [5.41, 5.74) is 0.0845. The predicted molar refractivity (Wildman–Crippen MR) is 101 cm³/mol. The average molecular weight is 425 g/mol. The number of nitrogens with one attached hydrogen (secondary N) is 2. The van der Waals surface area contributed by atoms with Gasteiger partial charge in [0.05, 0.1) is 11.0 Å². The number of amides is 1. The number of imidazole rings is 1. The number of aromatic amines is 1. The highest BCUT2D eigenvalue weighted by Gasteiger charge is 2.25. The normalized spacial score (nSPS) is 12.2. The van der Waals surface area contributed by atoms with Crippen molar-refractivity contribution in [2.45, 2.75) is 31.3 Å². The first kappa shape index (κ1) is 20.7. The SMILES string of the molecule is CC(C)(C)OC(=O)Nc1nc2ccc(-c3ccc(F)c(S(=O)(=O)O)c3F)cc2[nH]1. The van der Waals surface area contributed by atoms with E-state index in [1.807, 2.05) is 0 Å². The zero-order valence-corrected chi connectivity index (χ0v) is 16.4. The quantitative estimate of drug-likeness (QED) is 0.543. The highest BCUT2D eigenvalue weighted by Crippen LogP contribution is 2.31. The molecule has 0 aliphatic rings. The molecule has 0 radical (unpaired) electrons. The Hall–Kier alpha value is -3.05. The lowest BCUT2D eigenvalue weighted by Crippen LogP contribution is -2.27. The highest BCUT2D eigenvalue weighted by atomic mass is 32.2. The first-order valence-electron chi connectivity index (χ1n) is 8.31. The number of H-pyrrole nitrogens is 1. The maximum absolute atomic E-state index is 14.6. The fraction of sp³-hybridized carbons (Fsp3) is 0.222. The van der Waals surface area contributed by atoms with E-state index in [1.54, 1.807) is 20.8 Å². The van der Waals surface area contributed by atoms with Crippen LogP contribution < -0.4 is 5.32 Å². The molecule has 29 heavy (non-hydrogen) atoms. The molecule has 0 unspecified atom stereocenters. The fourth-order valence-corrected chi connectivity index (χ4v) is 3.28. The van der Waals surface area contributed by atoms with Crippen molar-refractivity contribution in [3.63, 3.8) is 0 Å². The molecule has 1 amide bonds. The minimum absolute atomic E-state index is 0.0876. The van der Waals surface area contributed by atoms with Gasteiger partial charge in [0, 0.05) is 5.56 Å². The second kappa shape index (κ2) is 7.08. The van der Waals surface area contributed by atoms with Gasteiger partial charge in [-0.3, -0.25) is 9.87 Å². The first-order chi connectivity index (χ1) is 13.3. The van der Waals surface area contributed by atoms with Crippen LogP contribution in [0.4, 0.5) is 19.5 Å². The number of anilines is 1. The van der Waals surface area contributed by atoms with Gasteiger partial charge in [-0.1, -0.05) is 6.07 Å². The van der Waals surface area contributed by atoms with Gasteiger partial charge in [-0.05, 0) is 50.6 Å². The maximum atomic E-state index is 14.6. The fourth-order valence-electron chi connectivity index (χ4n) is 2.63. The number of carbonyl (C=O) groups is 1. The maximum Gasteiger partial charge on any atom is 0.414 e. The van der Waals surface area contributed by atoms with E-state index in [2.05, 4.69) is 15.3 Å². The van der Waals surface area contributed by atoms with Crippen LogP contribution in [0.3, 0.4) is 0 Å². The molecule has 0 fully saturated rings. The lowest BCUT2D eigenvalue weighted by Gasteiger charge is -2.18. The monoisotopic (exact) mass is 425 g/mol. The van der Waals surface area contributed by atoms with Crippen LogP contribution in [-0.4, -0.2) is 34.6 Å². The number of benzene rings is 2. The number of carbonyl (C=O) groups excluding carboxylic acids is 1. The number of ether oxygens (including phenoxy) is 1. The van der Waals surface area contributed by atoms with Crippen LogP contribution in [0.15, 0.2) is 35.2 Å². The largest absolute Gasteiger partial charge is 0.444 e.